The quantitative estimate of drug-likeness (QED) is 0.0691. The summed E-state index contributed by atoms with van der Waals surface area (Å²) in [5.74, 6) is 0. The molecule has 0 fully saturated rings. The number of urea groups is 3. The number of para-hydroxylation sites is 1. The van der Waals surface area contributed by atoms with Crippen LogP contribution in [-0.4, -0.2) is 33.0 Å². The molecular formula is C45H32I3N9O3. The molecule has 6 amide bonds. The van der Waals surface area contributed by atoms with E-state index in [1.165, 1.54) is 0 Å². The van der Waals surface area contributed by atoms with Gasteiger partial charge in [-0.2, -0.15) is 0 Å². The van der Waals surface area contributed by atoms with Crippen molar-refractivity contribution in [3.63, 3.8) is 0 Å². The van der Waals surface area contributed by atoms with Gasteiger partial charge in [-0.25, -0.2) is 14.4 Å². The van der Waals surface area contributed by atoms with Gasteiger partial charge in [0, 0.05) is 77.9 Å². The number of amides is 6. The zero-order valence-electron chi connectivity index (χ0n) is 31.1. The van der Waals surface area contributed by atoms with Crippen LogP contribution >= 0.6 is 67.8 Å². The number of anilines is 6. The minimum Gasteiger partial charge on any atom is -0.361 e. The van der Waals surface area contributed by atoms with Crippen LogP contribution in [0.1, 0.15) is 0 Å². The Kier molecular flexibility index (Phi) is 11.1. The lowest BCUT2D eigenvalue weighted by Crippen LogP contribution is -2.20. The summed E-state index contributed by atoms with van der Waals surface area (Å²) in [5, 5.41) is 20.5. The van der Waals surface area contributed by atoms with Gasteiger partial charge in [0.25, 0.3) is 0 Å². The molecule has 3 heterocycles. The molecule has 0 aliphatic carbocycles. The third kappa shape index (κ3) is 8.63. The standard InChI is InChI=1S/C45H32I3N9O3/c46-31-4-1-2-5-37(31)55-43(58)51-29-11-8-25-20-39(53-41(25)23-29)26-9-13-32(47)42(21-26)57-44(59)50-28-12-15-34-27(18-28)22-40(52-34)24-10-14-38(33(48)19-24)56-45(60)54-36-7-3-6-35-30(36)16-17-49-35/h1-23,49,52-53H,(H2,50,57,59)(H2,51,55,58)(H2,54,56,60). The van der Waals surface area contributed by atoms with E-state index in [0.29, 0.717) is 22.7 Å². The van der Waals surface area contributed by atoms with Gasteiger partial charge in [0.2, 0.25) is 0 Å². The number of H-pyrrole nitrogens is 3. The molecule has 0 spiro atoms. The molecule has 6 aromatic carbocycles. The Morgan fingerprint density at radius 3 is 1.83 bits per heavy atom. The number of nitrogens with one attached hydrogen (secondary N) is 9. The van der Waals surface area contributed by atoms with Crippen molar-refractivity contribution in [2.24, 2.45) is 0 Å². The van der Waals surface area contributed by atoms with E-state index in [1.807, 2.05) is 140 Å². The minimum absolute atomic E-state index is 0.327. The molecule has 0 atom stereocenters. The van der Waals surface area contributed by atoms with Crippen molar-refractivity contribution in [1.29, 1.82) is 0 Å². The second kappa shape index (κ2) is 16.9. The average molecular weight is 1130 g/mol. The summed E-state index contributed by atoms with van der Waals surface area (Å²) in [5.41, 5.74) is 10.4. The van der Waals surface area contributed by atoms with Crippen LogP contribution in [0, 0.1) is 10.7 Å². The number of halogens is 3. The van der Waals surface area contributed by atoms with Crippen molar-refractivity contribution >= 4 is 153 Å². The minimum atomic E-state index is -0.373. The van der Waals surface area contributed by atoms with Crippen LogP contribution in [0.25, 0.3) is 55.2 Å². The van der Waals surface area contributed by atoms with Gasteiger partial charge in [-0.05, 0) is 170 Å². The number of benzene rings is 6. The summed E-state index contributed by atoms with van der Waals surface area (Å²) in [6.07, 6.45) is 1.84. The number of fused-ring (bicyclic) bond motifs is 3. The Labute approximate surface area is 383 Å². The Balaban J connectivity index is 0.839. The molecule has 9 N–H and O–H groups in total. The molecule has 3 aromatic heterocycles. The van der Waals surface area contributed by atoms with E-state index in [1.54, 1.807) is 0 Å². The van der Waals surface area contributed by atoms with E-state index < -0.39 is 0 Å². The first-order valence-electron chi connectivity index (χ1n) is 18.5. The summed E-state index contributed by atoms with van der Waals surface area (Å²) >= 11 is 6.61. The summed E-state index contributed by atoms with van der Waals surface area (Å²) in [6, 6.07) is 41.4. The lowest BCUT2D eigenvalue weighted by atomic mass is 10.1. The van der Waals surface area contributed by atoms with Gasteiger partial charge in [-0.3, -0.25) is 0 Å². The van der Waals surface area contributed by atoms with Gasteiger partial charge < -0.3 is 46.9 Å². The van der Waals surface area contributed by atoms with E-state index in [4.69, 9.17) is 0 Å². The average Bonchev–Trinajstić information content (AvgIpc) is 3.99. The van der Waals surface area contributed by atoms with Gasteiger partial charge in [-0.1, -0.05) is 36.4 Å². The van der Waals surface area contributed by atoms with Gasteiger partial charge in [0.15, 0.2) is 0 Å². The molecule has 0 saturated heterocycles. The monoisotopic (exact) mass is 1130 g/mol. The largest absolute Gasteiger partial charge is 0.361 e. The Morgan fingerprint density at radius 1 is 0.417 bits per heavy atom. The zero-order valence-corrected chi connectivity index (χ0v) is 37.6. The summed E-state index contributed by atoms with van der Waals surface area (Å²) in [4.78, 5) is 49.0. The van der Waals surface area contributed by atoms with Gasteiger partial charge in [0.05, 0.1) is 22.7 Å². The van der Waals surface area contributed by atoms with E-state index in [0.717, 1.165) is 77.3 Å². The number of aromatic nitrogens is 3. The molecule has 12 nitrogen and oxygen atoms in total. The van der Waals surface area contributed by atoms with E-state index >= 15 is 0 Å². The topological polar surface area (TPSA) is 171 Å². The number of hydrogen-bond acceptors (Lipinski definition) is 3. The molecule has 15 heteroatoms. The fourth-order valence-electron chi connectivity index (χ4n) is 6.90. The van der Waals surface area contributed by atoms with Crippen molar-refractivity contribution in [1.82, 2.24) is 15.0 Å². The molecular weight excluding hydrogens is 1100 g/mol. The van der Waals surface area contributed by atoms with Crippen molar-refractivity contribution in [2.45, 2.75) is 0 Å². The van der Waals surface area contributed by atoms with Crippen LogP contribution in [0.5, 0.6) is 0 Å². The van der Waals surface area contributed by atoms with Crippen LogP contribution in [0.3, 0.4) is 0 Å². The maximum atomic E-state index is 13.3. The summed E-state index contributed by atoms with van der Waals surface area (Å²) < 4.78 is 2.70. The third-order valence-electron chi connectivity index (χ3n) is 9.78. The predicted molar refractivity (Wildman–Crippen MR) is 268 cm³/mol. The molecule has 0 saturated carbocycles. The molecule has 0 bridgehead atoms. The first-order valence-corrected chi connectivity index (χ1v) is 21.8. The maximum absolute atomic E-state index is 13.3. The van der Waals surface area contributed by atoms with Crippen LogP contribution in [0.4, 0.5) is 48.5 Å². The molecule has 0 aliphatic heterocycles. The smallest absolute Gasteiger partial charge is 0.323 e. The van der Waals surface area contributed by atoms with Gasteiger partial charge in [-0.15, -0.1) is 0 Å². The van der Waals surface area contributed by atoms with Crippen LogP contribution in [-0.2, 0) is 0 Å². The highest BCUT2D eigenvalue weighted by atomic mass is 127. The SMILES string of the molecule is O=C(Nc1ccc2cc(-c3ccc(I)c(NC(=O)Nc4ccc5[nH]c(-c6ccc(NC(=O)Nc7cccc8[nH]ccc78)c(I)c6)cc5c4)c3)[nH]c2c1)Nc1ccccc1I. The highest BCUT2D eigenvalue weighted by Gasteiger charge is 2.14. The maximum Gasteiger partial charge on any atom is 0.323 e. The van der Waals surface area contributed by atoms with E-state index in [-0.39, 0.29) is 18.1 Å². The van der Waals surface area contributed by atoms with Crippen molar-refractivity contribution in [3.8, 4) is 22.5 Å². The first kappa shape index (κ1) is 39.4. The van der Waals surface area contributed by atoms with Crippen molar-refractivity contribution in [3.05, 3.63) is 150 Å². The second-order valence-electron chi connectivity index (χ2n) is 13.8. The Morgan fingerprint density at radius 2 is 1.03 bits per heavy atom. The Hall–Kier alpha value is -6.06. The van der Waals surface area contributed by atoms with Gasteiger partial charge >= 0.3 is 18.1 Å². The van der Waals surface area contributed by atoms with Crippen LogP contribution < -0.4 is 31.9 Å². The van der Waals surface area contributed by atoms with Gasteiger partial charge in [0.1, 0.15) is 0 Å². The number of rotatable bonds is 8. The van der Waals surface area contributed by atoms with Crippen molar-refractivity contribution < 1.29 is 14.4 Å². The molecule has 9 rings (SSSR count). The number of hydrogen-bond donors (Lipinski definition) is 9. The lowest BCUT2D eigenvalue weighted by molar-refractivity contribution is 0.261. The highest BCUT2D eigenvalue weighted by molar-refractivity contribution is 14.1. The Bertz CT molecular complexity index is 3140. The van der Waals surface area contributed by atoms with E-state index in [9.17, 15) is 14.4 Å². The fourth-order valence-corrected chi connectivity index (χ4v) is 8.54. The fraction of sp³-hybridized carbons (Fsp3) is 0. The predicted octanol–water partition coefficient (Wildman–Crippen LogP) is 13.2. The molecule has 60 heavy (non-hydrogen) atoms. The van der Waals surface area contributed by atoms with Crippen molar-refractivity contribution in [2.75, 3.05) is 31.9 Å². The summed E-state index contributed by atoms with van der Waals surface area (Å²) in [6.45, 7) is 0. The highest BCUT2D eigenvalue weighted by Crippen LogP contribution is 2.33. The number of carbonyl (C=O) groups is 3. The molecule has 0 unspecified atom stereocenters. The van der Waals surface area contributed by atoms with E-state index in [2.05, 4.69) is 115 Å². The van der Waals surface area contributed by atoms with Crippen LogP contribution in [0.15, 0.2) is 140 Å². The molecule has 296 valence electrons. The third-order valence-corrected chi connectivity index (χ3v) is 12.6. The molecule has 0 aliphatic rings. The molecule has 0 radical (unpaired) electrons. The summed E-state index contributed by atoms with van der Waals surface area (Å²) in [7, 11) is 0. The number of carbonyl (C=O) groups excluding carboxylic acids is 3. The molecule has 9 aromatic rings. The zero-order chi connectivity index (χ0) is 41.3. The lowest BCUT2D eigenvalue weighted by Gasteiger charge is -2.11. The second-order valence-corrected chi connectivity index (χ2v) is 17.3. The number of aromatic amines is 3. The first-order chi connectivity index (χ1) is 29.1. The van der Waals surface area contributed by atoms with Crippen LogP contribution in [0.2, 0.25) is 0 Å². The normalized spacial score (nSPS) is 11.1.